The minimum Gasteiger partial charge on any atom is -0.497 e. The molecule has 3 heteroatoms. The number of hydrogen-bond donors (Lipinski definition) is 1. The number of hydrogen-bond acceptors (Lipinski definition) is 2. The minimum absolute atomic E-state index is 0.186. The molecule has 0 atom stereocenters. The number of ether oxygens (including phenoxy) is 1. The van der Waals surface area contributed by atoms with Gasteiger partial charge in [0.25, 0.3) is 0 Å². The smallest absolute Gasteiger partial charge is 0.120 e. The molecule has 2 nitrogen and oxygen atoms in total. The van der Waals surface area contributed by atoms with Gasteiger partial charge in [-0.1, -0.05) is 34.8 Å². The molecule has 0 aromatic heterocycles. The molecule has 0 spiro atoms. The molecule has 88 valence electrons. The van der Waals surface area contributed by atoms with Crippen molar-refractivity contribution in [3.63, 3.8) is 0 Å². The van der Waals surface area contributed by atoms with Gasteiger partial charge in [-0.2, -0.15) is 0 Å². The number of halogens is 1. The lowest BCUT2D eigenvalue weighted by atomic mass is 9.79. The molecule has 0 heterocycles. The molecular formula is C13H18BrNO. The largest absolute Gasteiger partial charge is 0.497 e. The predicted molar refractivity (Wildman–Crippen MR) is 69.9 cm³/mol. The van der Waals surface area contributed by atoms with Gasteiger partial charge < -0.3 is 10.5 Å². The molecule has 0 amide bonds. The first-order valence-corrected chi connectivity index (χ1v) is 6.55. The molecule has 0 saturated heterocycles. The van der Waals surface area contributed by atoms with Crippen LogP contribution in [0.25, 0.3) is 0 Å². The van der Waals surface area contributed by atoms with Crippen molar-refractivity contribution >= 4 is 15.9 Å². The van der Waals surface area contributed by atoms with E-state index in [1.54, 1.807) is 7.11 Å². The van der Waals surface area contributed by atoms with Gasteiger partial charge in [0.2, 0.25) is 0 Å². The summed E-state index contributed by atoms with van der Waals surface area (Å²) in [6.07, 6.45) is 4.98. The average Bonchev–Trinajstić information content (AvgIpc) is 2.78. The zero-order valence-corrected chi connectivity index (χ0v) is 11.2. The summed E-state index contributed by atoms with van der Waals surface area (Å²) in [5.74, 6) is 0.890. The topological polar surface area (TPSA) is 35.2 Å². The van der Waals surface area contributed by atoms with E-state index in [0.29, 0.717) is 0 Å². The van der Waals surface area contributed by atoms with Crippen LogP contribution in [0.4, 0.5) is 0 Å². The zero-order valence-electron chi connectivity index (χ0n) is 9.63. The van der Waals surface area contributed by atoms with Crippen molar-refractivity contribution in [3.8, 4) is 5.75 Å². The maximum atomic E-state index is 5.99. The van der Waals surface area contributed by atoms with E-state index < -0.39 is 0 Å². The number of nitrogens with two attached hydrogens (primary N) is 1. The summed E-state index contributed by atoms with van der Waals surface area (Å²) in [5.41, 5.74) is 7.51. The normalized spacial score (nSPS) is 18.7. The van der Waals surface area contributed by atoms with Crippen molar-refractivity contribution < 1.29 is 4.74 Å². The van der Waals surface area contributed by atoms with Crippen LogP contribution in [0.3, 0.4) is 0 Å². The van der Waals surface area contributed by atoms with Crippen molar-refractivity contribution in [1.82, 2.24) is 0 Å². The molecule has 1 aromatic carbocycles. The second kappa shape index (κ2) is 4.76. The Hall–Kier alpha value is -0.540. The molecule has 0 aliphatic heterocycles. The van der Waals surface area contributed by atoms with Crippen molar-refractivity contribution in [2.45, 2.75) is 31.1 Å². The summed E-state index contributed by atoms with van der Waals surface area (Å²) < 4.78 is 6.34. The fraction of sp³-hybridized carbons (Fsp3) is 0.538. The number of methoxy groups -OCH3 is 1. The Morgan fingerprint density at radius 1 is 1.38 bits per heavy atom. The Bertz CT molecular complexity index is 372. The fourth-order valence-corrected chi connectivity index (χ4v) is 3.47. The van der Waals surface area contributed by atoms with Crippen molar-refractivity contribution in [2.24, 2.45) is 5.73 Å². The molecule has 1 aliphatic carbocycles. The van der Waals surface area contributed by atoms with Crippen molar-refractivity contribution in [3.05, 3.63) is 28.2 Å². The van der Waals surface area contributed by atoms with E-state index in [9.17, 15) is 0 Å². The minimum atomic E-state index is 0.186. The second-order valence-corrected chi connectivity index (χ2v) is 5.39. The van der Waals surface area contributed by atoms with E-state index in [-0.39, 0.29) is 5.41 Å². The Labute approximate surface area is 105 Å². The van der Waals surface area contributed by atoms with Crippen LogP contribution in [0.2, 0.25) is 0 Å². The van der Waals surface area contributed by atoms with Crippen LogP contribution in [0, 0.1) is 0 Å². The number of rotatable bonds is 3. The van der Waals surface area contributed by atoms with E-state index in [4.69, 9.17) is 10.5 Å². The third-order valence-electron chi connectivity index (χ3n) is 3.70. The molecule has 1 aliphatic rings. The Morgan fingerprint density at radius 2 is 2.06 bits per heavy atom. The molecular weight excluding hydrogens is 266 g/mol. The van der Waals surface area contributed by atoms with Gasteiger partial charge in [-0.25, -0.2) is 0 Å². The average molecular weight is 284 g/mol. The van der Waals surface area contributed by atoms with Crippen LogP contribution >= 0.6 is 15.9 Å². The van der Waals surface area contributed by atoms with Crippen LogP contribution in [0.5, 0.6) is 5.75 Å². The first-order chi connectivity index (χ1) is 7.72. The molecule has 0 bridgehead atoms. The van der Waals surface area contributed by atoms with Gasteiger partial charge in [-0.15, -0.1) is 0 Å². The Kier molecular flexibility index (Phi) is 3.55. The van der Waals surface area contributed by atoms with Gasteiger partial charge in [-0.05, 0) is 30.5 Å². The van der Waals surface area contributed by atoms with Gasteiger partial charge in [-0.3, -0.25) is 0 Å². The lowest BCUT2D eigenvalue weighted by Gasteiger charge is -2.29. The van der Waals surface area contributed by atoms with E-state index in [1.807, 2.05) is 12.1 Å². The van der Waals surface area contributed by atoms with Crippen LogP contribution < -0.4 is 10.5 Å². The summed E-state index contributed by atoms with van der Waals surface area (Å²) in [6, 6.07) is 6.21. The highest BCUT2D eigenvalue weighted by atomic mass is 79.9. The molecule has 1 saturated carbocycles. The molecule has 2 rings (SSSR count). The fourth-order valence-electron chi connectivity index (χ4n) is 2.69. The second-order valence-electron chi connectivity index (χ2n) is 4.54. The first kappa shape index (κ1) is 11.9. The van der Waals surface area contributed by atoms with Crippen LogP contribution in [-0.4, -0.2) is 13.7 Å². The predicted octanol–water partition coefficient (Wildman–Crippen LogP) is 3.23. The molecule has 16 heavy (non-hydrogen) atoms. The van der Waals surface area contributed by atoms with Crippen LogP contribution in [-0.2, 0) is 5.41 Å². The maximum Gasteiger partial charge on any atom is 0.120 e. The summed E-state index contributed by atoms with van der Waals surface area (Å²) in [4.78, 5) is 0. The molecule has 1 aromatic rings. The van der Waals surface area contributed by atoms with Crippen LogP contribution in [0.15, 0.2) is 22.7 Å². The van der Waals surface area contributed by atoms with E-state index in [1.165, 1.54) is 31.2 Å². The molecule has 0 radical (unpaired) electrons. The summed E-state index contributed by atoms with van der Waals surface area (Å²) in [6.45, 7) is 0.734. The SMILES string of the molecule is COc1ccc(C2(CN)CCCC2)c(Br)c1. The molecule has 1 fully saturated rings. The maximum absolute atomic E-state index is 5.99. The lowest BCUT2D eigenvalue weighted by Crippen LogP contribution is -2.32. The molecule has 0 unspecified atom stereocenters. The van der Waals surface area contributed by atoms with Gasteiger partial charge in [0.05, 0.1) is 7.11 Å². The molecule has 2 N–H and O–H groups in total. The zero-order chi connectivity index (χ0) is 11.6. The quantitative estimate of drug-likeness (QED) is 0.925. The summed E-state index contributed by atoms with van der Waals surface area (Å²) >= 11 is 3.64. The highest BCUT2D eigenvalue weighted by molar-refractivity contribution is 9.10. The van der Waals surface area contributed by atoms with Gasteiger partial charge in [0.1, 0.15) is 5.75 Å². The van der Waals surface area contributed by atoms with E-state index >= 15 is 0 Å². The van der Waals surface area contributed by atoms with E-state index in [2.05, 4.69) is 22.0 Å². The highest BCUT2D eigenvalue weighted by Gasteiger charge is 2.35. The monoisotopic (exact) mass is 283 g/mol. The van der Waals surface area contributed by atoms with Crippen molar-refractivity contribution in [1.29, 1.82) is 0 Å². The first-order valence-electron chi connectivity index (χ1n) is 5.76. The lowest BCUT2D eigenvalue weighted by molar-refractivity contribution is 0.411. The van der Waals surface area contributed by atoms with Gasteiger partial charge in [0, 0.05) is 16.4 Å². The Balaban J connectivity index is 2.38. The van der Waals surface area contributed by atoms with Crippen molar-refractivity contribution in [2.75, 3.05) is 13.7 Å². The highest BCUT2D eigenvalue weighted by Crippen LogP contribution is 2.43. The third-order valence-corrected chi connectivity index (χ3v) is 4.36. The van der Waals surface area contributed by atoms with Gasteiger partial charge >= 0.3 is 0 Å². The number of benzene rings is 1. The Morgan fingerprint density at radius 3 is 2.56 bits per heavy atom. The third kappa shape index (κ3) is 1.98. The van der Waals surface area contributed by atoms with Crippen LogP contribution in [0.1, 0.15) is 31.2 Å². The standard InChI is InChI=1S/C13H18BrNO/c1-16-10-4-5-11(12(14)8-10)13(9-15)6-2-3-7-13/h4-5,8H,2-3,6-7,9,15H2,1H3. The summed E-state index contributed by atoms with van der Waals surface area (Å²) in [7, 11) is 1.69. The van der Waals surface area contributed by atoms with E-state index in [0.717, 1.165) is 16.8 Å². The summed E-state index contributed by atoms with van der Waals surface area (Å²) in [5, 5.41) is 0. The van der Waals surface area contributed by atoms with Gasteiger partial charge in [0.15, 0.2) is 0 Å².